The van der Waals surface area contributed by atoms with Gasteiger partial charge >= 0.3 is 0 Å². The summed E-state index contributed by atoms with van der Waals surface area (Å²) in [6, 6.07) is 21.2. The molecule has 126 valence electrons. The molecule has 0 radical (unpaired) electrons. The average Bonchev–Trinajstić information content (AvgIpc) is 3.14. The van der Waals surface area contributed by atoms with Crippen LogP contribution in [0.1, 0.15) is 36.7 Å². The van der Waals surface area contributed by atoms with Crippen molar-refractivity contribution in [2.45, 2.75) is 19.8 Å². The highest BCUT2D eigenvalue weighted by Gasteiger charge is 2.13. The van der Waals surface area contributed by atoms with Crippen molar-refractivity contribution in [2.24, 2.45) is 0 Å². The van der Waals surface area contributed by atoms with E-state index in [4.69, 9.17) is 4.42 Å². The molecule has 0 fully saturated rings. The third-order valence-electron chi connectivity index (χ3n) is 3.99. The van der Waals surface area contributed by atoms with Crippen LogP contribution in [-0.2, 0) is 4.79 Å². The van der Waals surface area contributed by atoms with Crippen LogP contribution in [0, 0.1) is 0 Å². The molecule has 3 heteroatoms. The van der Waals surface area contributed by atoms with Crippen LogP contribution < -0.4 is 5.32 Å². The topological polar surface area (TPSA) is 42.2 Å². The Bertz CT molecular complexity index is 845. The van der Waals surface area contributed by atoms with Gasteiger partial charge in [-0.05, 0) is 47.4 Å². The molecule has 2 aromatic carbocycles. The zero-order valence-corrected chi connectivity index (χ0v) is 14.4. The van der Waals surface area contributed by atoms with Gasteiger partial charge in [0.05, 0.1) is 11.8 Å². The lowest BCUT2D eigenvalue weighted by Crippen LogP contribution is -2.13. The molecule has 25 heavy (non-hydrogen) atoms. The van der Waals surface area contributed by atoms with Crippen molar-refractivity contribution in [1.82, 2.24) is 0 Å². The fourth-order valence-electron chi connectivity index (χ4n) is 2.56. The van der Waals surface area contributed by atoms with Crippen molar-refractivity contribution in [1.29, 1.82) is 0 Å². The van der Waals surface area contributed by atoms with E-state index in [0.717, 1.165) is 11.3 Å². The van der Waals surface area contributed by atoms with Crippen molar-refractivity contribution < 1.29 is 9.21 Å². The molecule has 1 amide bonds. The van der Waals surface area contributed by atoms with Gasteiger partial charge in [0, 0.05) is 5.69 Å². The molecule has 0 aliphatic heterocycles. The summed E-state index contributed by atoms with van der Waals surface area (Å²) in [6.07, 6.45) is 3.35. The Morgan fingerprint density at radius 1 is 0.960 bits per heavy atom. The van der Waals surface area contributed by atoms with Crippen molar-refractivity contribution in [3.63, 3.8) is 0 Å². The van der Waals surface area contributed by atoms with Gasteiger partial charge in [0.25, 0.3) is 5.91 Å². The van der Waals surface area contributed by atoms with Crippen LogP contribution >= 0.6 is 0 Å². The number of carbonyl (C=O) groups excluding carboxylic acids is 1. The third kappa shape index (κ3) is 4.27. The molecule has 0 saturated heterocycles. The number of hydrogen-bond acceptors (Lipinski definition) is 2. The van der Waals surface area contributed by atoms with E-state index in [1.807, 2.05) is 60.7 Å². The van der Waals surface area contributed by atoms with Crippen molar-refractivity contribution >= 4 is 23.2 Å². The molecular formula is C22H21NO2. The van der Waals surface area contributed by atoms with E-state index in [1.165, 1.54) is 5.56 Å². The smallest absolute Gasteiger partial charge is 0.256 e. The normalized spacial score (nSPS) is 11.6. The first-order valence-corrected chi connectivity index (χ1v) is 8.35. The summed E-state index contributed by atoms with van der Waals surface area (Å²) in [4.78, 5) is 12.8. The molecule has 1 heterocycles. The van der Waals surface area contributed by atoms with Gasteiger partial charge in [-0.15, -0.1) is 0 Å². The van der Waals surface area contributed by atoms with E-state index in [9.17, 15) is 4.79 Å². The van der Waals surface area contributed by atoms with E-state index in [2.05, 4.69) is 19.2 Å². The number of nitrogens with one attached hydrogen (secondary N) is 1. The number of anilines is 1. The van der Waals surface area contributed by atoms with Crippen LogP contribution in [0.2, 0.25) is 0 Å². The largest absolute Gasteiger partial charge is 0.465 e. The van der Waals surface area contributed by atoms with E-state index < -0.39 is 0 Å². The highest BCUT2D eigenvalue weighted by molar-refractivity contribution is 6.29. The van der Waals surface area contributed by atoms with Gasteiger partial charge < -0.3 is 9.73 Å². The minimum Gasteiger partial charge on any atom is -0.465 e. The van der Waals surface area contributed by atoms with Gasteiger partial charge in [-0.3, -0.25) is 4.79 Å². The van der Waals surface area contributed by atoms with Crippen molar-refractivity contribution in [2.75, 3.05) is 5.32 Å². The minimum atomic E-state index is -0.167. The van der Waals surface area contributed by atoms with Crippen LogP contribution in [0.25, 0.3) is 11.6 Å². The zero-order chi connectivity index (χ0) is 17.6. The molecule has 3 aromatic rings. The molecule has 0 spiro atoms. The minimum absolute atomic E-state index is 0.167. The second kappa shape index (κ2) is 7.67. The maximum absolute atomic E-state index is 12.8. The van der Waals surface area contributed by atoms with E-state index in [-0.39, 0.29) is 5.91 Å². The molecule has 0 aliphatic carbocycles. The highest BCUT2D eigenvalue weighted by Crippen LogP contribution is 2.22. The molecule has 1 N–H and O–H groups in total. The Labute approximate surface area is 148 Å². The molecule has 0 aliphatic rings. The summed E-state index contributed by atoms with van der Waals surface area (Å²) in [6.45, 7) is 4.29. The van der Waals surface area contributed by atoms with Gasteiger partial charge in [0.15, 0.2) is 0 Å². The van der Waals surface area contributed by atoms with Gasteiger partial charge in [0.2, 0.25) is 0 Å². The lowest BCUT2D eigenvalue weighted by atomic mass is 10.0. The van der Waals surface area contributed by atoms with Gasteiger partial charge in [-0.1, -0.05) is 56.3 Å². The first kappa shape index (κ1) is 16.8. The summed E-state index contributed by atoms with van der Waals surface area (Å²) in [5.74, 6) is 0.938. The molecule has 0 unspecified atom stereocenters. The first-order chi connectivity index (χ1) is 12.1. The van der Waals surface area contributed by atoms with Gasteiger partial charge in [0.1, 0.15) is 5.76 Å². The van der Waals surface area contributed by atoms with Crippen molar-refractivity contribution in [3.8, 4) is 0 Å². The molecule has 0 bridgehead atoms. The van der Waals surface area contributed by atoms with Crippen LogP contribution in [0.4, 0.5) is 5.69 Å². The zero-order valence-electron chi connectivity index (χ0n) is 14.4. The summed E-state index contributed by atoms with van der Waals surface area (Å²) in [5, 5.41) is 2.97. The molecular weight excluding hydrogens is 310 g/mol. The summed E-state index contributed by atoms with van der Waals surface area (Å²) in [5.41, 5.74) is 3.42. The molecule has 0 saturated carbocycles. The Morgan fingerprint density at radius 3 is 2.28 bits per heavy atom. The summed E-state index contributed by atoms with van der Waals surface area (Å²) >= 11 is 0. The van der Waals surface area contributed by atoms with E-state index in [0.29, 0.717) is 17.3 Å². The third-order valence-corrected chi connectivity index (χ3v) is 3.99. The number of amides is 1. The highest BCUT2D eigenvalue weighted by atomic mass is 16.3. The number of furan rings is 1. The molecule has 3 rings (SSSR count). The Morgan fingerprint density at radius 2 is 1.68 bits per heavy atom. The lowest BCUT2D eigenvalue weighted by Gasteiger charge is -2.11. The number of hydrogen-bond donors (Lipinski definition) is 1. The predicted octanol–water partition coefficient (Wildman–Crippen LogP) is 5.58. The van der Waals surface area contributed by atoms with Crippen LogP contribution in [0.5, 0.6) is 0 Å². The van der Waals surface area contributed by atoms with Crippen LogP contribution in [0.15, 0.2) is 77.4 Å². The average molecular weight is 331 g/mol. The van der Waals surface area contributed by atoms with E-state index in [1.54, 1.807) is 18.4 Å². The lowest BCUT2D eigenvalue weighted by molar-refractivity contribution is -0.111. The monoisotopic (exact) mass is 331 g/mol. The molecule has 0 atom stereocenters. The van der Waals surface area contributed by atoms with E-state index >= 15 is 0 Å². The second-order valence-electron chi connectivity index (χ2n) is 6.17. The van der Waals surface area contributed by atoms with Crippen LogP contribution in [0.3, 0.4) is 0 Å². The predicted molar refractivity (Wildman–Crippen MR) is 102 cm³/mol. The fourth-order valence-corrected chi connectivity index (χ4v) is 2.56. The van der Waals surface area contributed by atoms with Gasteiger partial charge in [-0.2, -0.15) is 0 Å². The Balaban J connectivity index is 1.87. The summed E-state index contributed by atoms with van der Waals surface area (Å²) in [7, 11) is 0. The maximum Gasteiger partial charge on any atom is 0.256 e. The SMILES string of the molecule is CC(C)c1ccc(NC(=O)/C(=C/c2ccco2)c2ccccc2)cc1. The maximum atomic E-state index is 12.8. The number of carbonyl (C=O) groups is 1. The molecule has 3 nitrogen and oxygen atoms in total. The Kier molecular flexibility index (Phi) is 5.14. The summed E-state index contributed by atoms with van der Waals surface area (Å²) < 4.78 is 5.37. The molecule has 1 aromatic heterocycles. The second-order valence-corrected chi connectivity index (χ2v) is 6.17. The number of benzene rings is 2. The number of rotatable bonds is 5. The quantitative estimate of drug-likeness (QED) is 0.620. The van der Waals surface area contributed by atoms with Crippen LogP contribution in [-0.4, -0.2) is 5.91 Å². The first-order valence-electron chi connectivity index (χ1n) is 8.35. The Hall–Kier alpha value is -3.07. The van der Waals surface area contributed by atoms with Crippen molar-refractivity contribution in [3.05, 3.63) is 89.9 Å². The van der Waals surface area contributed by atoms with Gasteiger partial charge in [-0.25, -0.2) is 0 Å². The fraction of sp³-hybridized carbons (Fsp3) is 0.136. The standard InChI is InChI=1S/C22H21NO2/c1-16(2)17-10-12-19(13-11-17)23-22(24)21(15-20-9-6-14-25-20)18-7-4-3-5-8-18/h3-16H,1-2H3,(H,23,24)/b21-15+.